The van der Waals surface area contributed by atoms with Gasteiger partial charge in [0.15, 0.2) is 9.84 Å². The molecule has 0 aliphatic carbocycles. The zero-order valence-electron chi connectivity index (χ0n) is 11.3. The molecule has 1 saturated heterocycles. The topological polar surface area (TPSA) is 93.4 Å². The Kier molecular flexibility index (Phi) is 3.82. The molecule has 0 unspecified atom stereocenters. The predicted molar refractivity (Wildman–Crippen MR) is 84.7 cm³/mol. The summed E-state index contributed by atoms with van der Waals surface area (Å²) in [5, 5.41) is 3.19. The molecule has 1 aromatic carbocycles. The van der Waals surface area contributed by atoms with Crippen LogP contribution in [0.4, 0.5) is 0 Å². The Morgan fingerprint density at radius 1 is 1.32 bits per heavy atom. The molecular formula is C14H12BrNO5S. The molecule has 6 nitrogen and oxygen atoms in total. The van der Waals surface area contributed by atoms with Gasteiger partial charge in [-0.05, 0) is 30.7 Å². The Morgan fingerprint density at radius 2 is 2.09 bits per heavy atom. The molecule has 1 aromatic heterocycles. The van der Waals surface area contributed by atoms with Crippen LogP contribution in [0, 0.1) is 0 Å². The van der Waals surface area contributed by atoms with Crippen molar-refractivity contribution in [2.24, 2.45) is 0 Å². The molecule has 0 saturated carbocycles. The van der Waals surface area contributed by atoms with Gasteiger partial charge in [-0.2, -0.15) is 0 Å². The van der Waals surface area contributed by atoms with Gasteiger partial charge >= 0.3 is 5.63 Å². The van der Waals surface area contributed by atoms with E-state index in [0.717, 1.165) is 4.47 Å². The smallest absolute Gasteiger partial charge is 0.349 e. The second-order valence-corrected chi connectivity index (χ2v) is 8.35. The van der Waals surface area contributed by atoms with Crippen LogP contribution in [0.3, 0.4) is 0 Å². The van der Waals surface area contributed by atoms with Gasteiger partial charge in [-0.25, -0.2) is 13.2 Å². The van der Waals surface area contributed by atoms with Gasteiger partial charge in [-0.15, -0.1) is 0 Å². The largest absolute Gasteiger partial charge is 0.422 e. The van der Waals surface area contributed by atoms with Crippen molar-refractivity contribution in [1.29, 1.82) is 0 Å². The maximum atomic E-state index is 12.2. The Morgan fingerprint density at radius 3 is 2.77 bits per heavy atom. The lowest BCUT2D eigenvalue weighted by molar-refractivity contribution is 0.0937. The monoisotopic (exact) mass is 385 g/mol. The third-order valence-electron chi connectivity index (χ3n) is 3.51. The van der Waals surface area contributed by atoms with Crippen molar-refractivity contribution in [3.8, 4) is 0 Å². The fourth-order valence-corrected chi connectivity index (χ4v) is 4.48. The fraction of sp³-hybridized carbons (Fsp3) is 0.286. The van der Waals surface area contributed by atoms with Crippen LogP contribution in [0.2, 0.25) is 0 Å². The van der Waals surface area contributed by atoms with E-state index in [0.29, 0.717) is 17.4 Å². The van der Waals surface area contributed by atoms with E-state index in [1.54, 1.807) is 18.2 Å². The van der Waals surface area contributed by atoms with Crippen molar-refractivity contribution in [3.05, 3.63) is 44.7 Å². The average molecular weight is 386 g/mol. The molecule has 1 amide bonds. The zero-order valence-corrected chi connectivity index (χ0v) is 13.7. The van der Waals surface area contributed by atoms with Gasteiger partial charge in [0.1, 0.15) is 11.1 Å². The number of fused-ring (bicyclic) bond motifs is 1. The maximum Gasteiger partial charge on any atom is 0.349 e. The molecule has 116 valence electrons. The number of halogens is 1. The minimum Gasteiger partial charge on any atom is -0.422 e. The van der Waals surface area contributed by atoms with Gasteiger partial charge in [-0.3, -0.25) is 4.79 Å². The highest BCUT2D eigenvalue weighted by Gasteiger charge is 2.29. The zero-order chi connectivity index (χ0) is 15.9. The highest BCUT2D eigenvalue weighted by atomic mass is 79.9. The molecule has 22 heavy (non-hydrogen) atoms. The van der Waals surface area contributed by atoms with Gasteiger partial charge in [0.05, 0.1) is 11.5 Å². The number of hydrogen-bond acceptors (Lipinski definition) is 5. The summed E-state index contributed by atoms with van der Waals surface area (Å²) in [5.41, 5.74) is -0.490. The molecule has 2 heterocycles. The lowest BCUT2D eigenvalue weighted by atomic mass is 10.1. The first-order valence-corrected chi connectivity index (χ1v) is 9.20. The molecule has 1 atom stereocenters. The minimum absolute atomic E-state index is 0.0528. The number of rotatable bonds is 2. The van der Waals surface area contributed by atoms with Crippen LogP contribution in [0.25, 0.3) is 11.0 Å². The van der Waals surface area contributed by atoms with Crippen molar-refractivity contribution in [2.75, 3.05) is 11.5 Å². The number of benzene rings is 1. The molecule has 3 rings (SSSR count). The van der Waals surface area contributed by atoms with E-state index in [4.69, 9.17) is 4.42 Å². The van der Waals surface area contributed by atoms with Gasteiger partial charge in [0, 0.05) is 15.9 Å². The van der Waals surface area contributed by atoms with E-state index in [-0.39, 0.29) is 17.1 Å². The summed E-state index contributed by atoms with van der Waals surface area (Å²) >= 11 is 3.31. The predicted octanol–water partition coefficient (Wildman–Crippen LogP) is 1.47. The van der Waals surface area contributed by atoms with Crippen LogP contribution in [0.15, 0.2) is 37.9 Å². The normalized spacial score (nSPS) is 20.1. The average Bonchev–Trinajstić information content (AvgIpc) is 2.77. The van der Waals surface area contributed by atoms with Gasteiger partial charge < -0.3 is 9.73 Å². The summed E-state index contributed by atoms with van der Waals surface area (Å²) in [6.07, 6.45) is 0.360. The summed E-state index contributed by atoms with van der Waals surface area (Å²) in [6.45, 7) is 0. The molecule has 1 aliphatic heterocycles. The van der Waals surface area contributed by atoms with Gasteiger partial charge in [-0.1, -0.05) is 15.9 Å². The summed E-state index contributed by atoms with van der Waals surface area (Å²) in [6, 6.07) is 6.08. The summed E-state index contributed by atoms with van der Waals surface area (Å²) in [5.74, 6) is -0.654. The molecule has 0 bridgehead atoms. The first-order chi connectivity index (χ1) is 10.3. The Hall–Kier alpha value is -1.67. The molecule has 8 heteroatoms. The van der Waals surface area contributed by atoms with E-state index in [2.05, 4.69) is 21.2 Å². The molecule has 1 aliphatic rings. The SMILES string of the molecule is O=C(N[C@H]1CCS(=O)(=O)C1)c1cc2cc(Br)ccc2oc1=O. The van der Waals surface area contributed by atoms with Crippen molar-refractivity contribution in [1.82, 2.24) is 5.32 Å². The van der Waals surface area contributed by atoms with E-state index >= 15 is 0 Å². The maximum absolute atomic E-state index is 12.2. The van der Waals surface area contributed by atoms with E-state index in [1.807, 2.05) is 0 Å². The highest BCUT2D eigenvalue weighted by molar-refractivity contribution is 9.10. The summed E-state index contributed by atoms with van der Waals surface area (Å²) in [4.78, 5) is 24.1. The third kappa shape index (κ3) is 3.07. The number of sulfone groups is 1. The second kappa shape index (κ2) is 5.51. The van der Waals surface area contributed by atoms with Gasteiger partial charge in [0.25, 0.3) is 5.91 Å². The lowest BCUT2D eigenvalue weighted by Gasteiger charge is -2.10. The summed E-state index contributed by atoms with van der Waals surface area (Å²) < 4.78 is 28.7. The first kappa shape index (κ1) is 15.2. The standard InChI is InChI=1S/C14H12BrNO5S/c15-9-1-2-12-8(5-9)6-11(14(18)21-12)13(17)16-10-3-4-22(19,20)7-10/h1-2,5-6,10H,3-4,7H2,(H,16,17)/t10-/m0/s1. The van der Waals surface area contributed by atoms with Crippen molar-refractivity contribution in [2.45, 2.75) is 12.5 Å². The van der Waals surface area contributed by atoms with Crippen LogP contribution in [0.1, 0.15) is 16.8 Å². The van der Waals surface area contributed by atoms with E-state index < -0.39 is 27.4 Å². The van der Waals surface area contributed by atoms with Crippen LogP contribution < -0.4 is 10.9 Å². The highest BCUT2D eigenvalue weighted by Crippen LogP contribution is 2.19. The number of hydrogen-bond donors (Lipinski definition) is 1. The molecule has 2 aromatic rings. The minimum atomic E-state index is -3.10. The quantitative estimate of drug-likeness (QED) is 0.790. The Bertz CT molecular complexity index is 918. The van der Waals surface area contributed by atoms with E-state index in [1.165, 1.54) is 6.07 Å². The molecular weight excluding hydrogens is 374 g/mol. The first-order valence-electron chi connectivity index (χ1n) is 6.59. The lowest BCUT2D eigenvalue weighted by Crippen LogP contribution is -2.37. The van der Waals surface area contributed by atoms with Crippen LogP contribution >= 0.6 is 15.9 Å². The molecule has 0 radical (unpaired) electrons. The van der Waals surface area contributed by atoms with Crippen molar-refractivity contribution in [3.63, 3.8) is 0 Å². The van der Waals surface area contributed by atoms with E-state index in [9.17, 15) is 18.0 Å². The number of nitrogens with one attached hydrogen (secondary N) is 1. The molecule has 1 N–H and O–H groups in total. The Labute approximate surface area is 134 Å². The third-order valence-corrected chi connectivity index (χ3v) is 5.77. The fourth-order valence-electron chi connectivity index (χ4n) is 2.42. The van der Waals surface area contributed by atoms with Crippen molar-refractivity contribution >= 4 is 42.6 Å². The van der Waals surface area contributed by atoms with Crippen LogP contribution in [0.5, 0.6) is 0 Å². The molecule has 0 spiro atoms. The Balaban J connectivity index is 1.90. The number of carbonyl (C=O) groups excluding carboxylic acids is 1. The molecule has 1 fully saturated rings. The van der Waals surface area contributed by atoms with Crippen LogP contribution in [-0.2, 0) is 9.84 Å². The van der Waals surface area contributed by atoms with Gasteiger partial charge in [0.2, 0.25) is 0 Å². The summed E-state index contributed by atoms with van der Waals surface area (Å²) in [7, 11) is -3.10. The number of amides is 1. The second-order valence-electron chi connectivity index (χ2n) is 5.20. The van der Waals surface area contributed by atoms with Crippen molar-refractivity contribution < 1.29 is 17.6 Å². The van der Waals surface area contributed by atoms with Crippen LogP contribution in [-0.4, -0.2) is 31.9 Å². The number of carbonyl (C=O) groups is 1.